The van der Waals surface area contributed by atoms with E-state index in [9.17, 15) is 14.3 Å². The number of ether oxygens (including phenoxy) is 1. The van der Waals surface area contributed by atoms with Gasteiger partial charge in [-0.2, -0.15) is 0 Å². The second-order valence-electron chi connectivity index (χ2n) is 8.13. The highest BCUT2D eigenvalue weighted by atomic mass is 35.5. The average Bonchev–Trinajstić information content (AvgIpc) is 3.27. The molecule has 2 aromatic heterocycles. The molecule has 2 N–H and O–H groups in total. The fraction of sp³-hybridized carbons (Fsp3) is 0.107. The number of fused-ring (bicyclic) bond motifs is 1. The Labute approximate surface area is 218 Å². The summed E-state index contributed by atoms with van der Waals surface area (Å²) in [5.41, 5.74) is 3.76. The Morgan fingerprint density at radius 2 is 2.05 bits per heavy atom. The number of carboxylic acid groups (broad SMARTS) is 1. The monoisotopic (exact) mass is 518 g/mol. The number of rotatable bonds is 10. The van der Waals surface area contributed by atoms with Gasteiger partial charge in [-0.05, 0) is 60.5 Å². The molecule has 0 spiro atoms. The molecular weight excluding hydrogens is 495 g/mol. The molecule has 7 nitrogen and oxygen atoms in total. The van der Waals surface area contributed by atoms with Crippen LogP contribution in [0.4, 0.5) is 15.9 Å². The summed E-state index contributed by atoms with van der Waals surface area (Å²) >= 11 is 6.44. The fourth-order valence-electron chi connectivity index (χ4n) is 3.65. The van der Waals surface area contributed by atoms with E-state index in [1.54, 1.807) is 43.3 Å². The molecular formula is C28H24ClFN4O3. The maximum absolute atomic E-state index is 13.4. The van der Waals surface area contributed by atoms with E-state index in [4.69, 9.17) is 16.3 Å². The lowest BCUT2D eigenvalue weighted by Crippen LogP contribution is -2.03. The van der Waals surface area contributed by atoms with Crippen molar-refractivity contribution >= 4 is 40.1 Å². The van der Waals surface area contributed by atoms with Crippen molar-refractivity contribution in [2.45, 2.75) is 20.1 Å². The van der Waals surface area contributed by atoms with Gasteiger partial charge in [0, 0.05) is 18.4 Å². The van der Waals surface area contributed by atoms with E-state index >= 15 is 0 Å². The van der Waals surface area contributed by atoms with Gasteiger partial charge < -0.3 is 19.7 Å². The molecule has 9 heteroatoms. The van der Waals surface area contributed by atoms with Crippen LogP contribution in [0, 0.1) is 5.82 Å². The Balaban J connectivity index is 1.50. The third-order valence-electron chi connectivity index (χ3n) is 5.46. The van der Waals surface area contributed by atoms with E-state index in [1.807, 2.05) is 16.8 Å². The van der Waals surface area contributed by atoms with E-state index < -0.39 is 5.97 Å². The third-order valence-corrected chi connectivity index (χ3v) is 5.75. The molecule has 0 bridgehead atoms. The predicted molar refractivity (Wildman–Crippen MR) is 143 cm³/mol. The average molecular weight is 519 g/mol. The summed E-state index contributed by atoms with van der Waals surface area (Å²) in [4.78, 5) is 19.9. The number of aliphatic carboxylic acids is 1. The summed E-state index contributed by atoms with van der Waals surface area (Å²) in [5.74, 6) is -0.287. The van der Waals surface area contributed by atoms with Gasteiger partial charge in [0.25, 0.3) is 0 Å². The van der Waals surface area contributed by atoms with Crippen LogP contribution in [0.15, 0.2) is 97.0 Å². The minimum absolute atomic E-state index is 0.185. The number of hydrogen-bond acceptors (Lipinski definition) is 5. The van der Waals surface area contributed by atoms with Crippen molar-refractivity contribution in [3.8, 4) is 5.75 Å². The summed E-state index contributed by atoms with van der Waals surface area (Å²) in [5, 5.41) is 12.8. The number of benzene rings is 2. The molecule has 2 heterocycles. The minimum Gasteiger partial charge on any atom is -0.487 e. The predicted octanol–water partition coefficient (Wildman–Crippen LogP) is 6.69. The van der Waals surface area contributed by atoms with E-state index in [2.05, 4.69) is 21.9 Å². The quantitative estimate of drug-likeness (QED) is 0.179. The molecule has 0 unspecified atom stereocenters. The largest absolute Gasteiger partial charge is 0.487 e. The van der Waals surface area contributed by atoms with Crippen molar-refractivity contribution in [3.05, 3.63) is 113 Å². The van der Waals surface area contributed by atoms with Crippen LogP contribution in [-0.4, -0.2) is 25.6 Å². The molecule has 188 valence electrons. The zero-order valence-electron chi connectivity index (χ0n) is 20.0. The molecule has 37 heavy (non-hydrogen) atoms. The van der Waals surface area contributed by atoms with Crippen LogP contribution in [0.5, 0.6) is 5.75 Å². The van der Waals surface area contributed by atoms with Crippen LogP contribution in [0.1, 0.15) is 12.5 Å². The molecule has 0 saturated carbocycles. The number of nitrogens with zero attached hydrogens (tertiary/aromatic N) is 3. The third kappa shape index (κ3) is 6.42. The number of halogens is 2. The second-order valence-corrected chi connectivity index (χ2v) is 8.54. The normalized spacial score (nSPS) is 11.7. The van der Waals surface area contributed by atoms with Crippen LogP contribution >= 0.6 is 11.6 Å². The van der Waals surface area contributed by atoms with Crippen molar-refractivity contribution in [2.24, 2.45) is 0 Å². The lowest BCUT2D eigenvalue weighted by molar-refractivity contribution is -0.132. The van der Waals surface area contributed by atoms with Crippen molar-refractivity contribution < 1.29 is 19.0 Å². The molecule has 4 rings (SSSR count). The zero-order valence-corrected chi connectivity index (χ0v) is 20.7. The van der Waals surface area contributed by atoms with Crippen LogP contribution in [0.25, 0.3) is 11.0 Å². The molecule has 0 amide bonds. The number of carboxylic acids is 1. The summed E-state index contributed by atoms with van der Waals surface area (Å²) in [7, 11) is 0. The number of hydrogen-bond donors (Lipinski definition) is 2. The van der Waals surface area contributed by atoms with Gasteiger partial charge in [-0.3, -0.25) is 0 Å². The summed E-state index contributed by atoms with van der Waals surface area (Å²) in [6.07, 6.45) is 8.05. The van der Waals surface area contributed by atoms with Gasteiger partial charge in [-0.1, -0.05) is 42.5 Å². The summed E-state index contributed by atoms with van der Waals surface area (Å²) < 4.78 is 21.1. The number of aromatic nitrogens is 3. The van der Waals surface area contributed by atoms with Gasteiger partial charge in [0.05, 0.1) is 16.1 Å². The molecule has 0 aliphatic carbocycles. The van der Waals surface area contributed by atoms with Crippen LogP contribution in [0.3, 0.4) is 0 Å². The number of anilines is 2. The van der Waals surface area contributed by atoms with Gasteiger partial charge in [0.1, 0.15) is 30.0 Å². The van der Waals surface area contributed by atoms with E-state index in [-0.39, 0.29) is 18.0 Å². The van der Waals surface area contributed by atoms with Crippen molar-refractivity contribution in [2.75, 3.05) is 5.32 Å². The number of carbonyl (C=O) groups is 1. The van der Waals surface area contributed by atoms with Gasteiger partial charge in [0.2, 0.25) is 0 Å². The first-order valence-electron chi connectivity index (χ1n) is 11.3. The molecule has 2 aromatic carbocycles. The fourth-order valence-corrected chi connectivity index (χ4v) is 3.88. The summed E-state index contributed by atoms with van der Waals surface area (Å²) in [6, 6.07) is 13.3. The maximum atomic E-state index is 13.4. The lowest BCUT2D eigenvalue weighted by atomic mass is 10.2. The highest BCUT2D eigenvalue weighted by Crippen LogP contribution is 2.31. The Kier molecular flexibility index (Phi) is 8.00. The van der Waals surface area contributed by atoms with Gasteiger partial charge >= 0.3 is 5.97 Å². The van der Waals surface area contributed by atoms with Crippen LogP contribution in [-0.2, 0) is 17.9 Å². The first-order chi connectivity index (χ1) is 17.8. The highest BCUT2D eigenvalue weighted by molar-refractivity contribution is 6.32. The molecule has 4 aromatic rings. The standard InChI is InChI=1S/C28H24ClFN4O3/c1-3-20(28(35)36)8-7-18(2)15-34-12-11-24-26(34)27(32-17-31-24)33-22-9-10-25(23(29)14-22)37-16-19-5-4-6-21(30)13-19/h3-14,17H,2,15-16H2,1H3,(H,35,36)(H,31,32,33). The van der Waals surface area contributed by atoms with Crippen LogP contribution < -0.4 is 10.1 Å². The number of nitrogens with one attached hydrogen (secondary N) is 1. The van der Waals surface area contributed by atoms with Gasteiger partial charge in [0.15, 0.2) is 5.82 Å². The lowest BCUT2D eigenvalue weighted by Gasteiger charge is -2.13. The van der Waals surface area contributed by atoms with E-state index in [0.717, 1.165) is 11.0 Å². The Morgan fingerprint density at radius 1 is 1.22 bits per heavy atom. The Morgan fingerprint density at radius 3 is 2.78 bits per heavy atom. The molecule has 0 atom stereocenters. The molecule has 0 saturated heterocycles. The Bertz CT molecular complexity index is 1530. The Hall–Kier alpha value is -4.43. The number of allylic oxidation sites excluding steroid dienone is 3. The first kappa shape index (κ1) is 25.7. The minimum atomic E-state index is -0.998. The molecule has 0 radical (unpaired) electrons. The maximum Gasteiger partial charge on any atom is 0.335 e. The topological polar surface area (TPSA) is 89.3 Å². The molecule has 0 aliphatic rings. The summed E-state index contributed by atoms with van der Waals surface area (Å²) in [6.45, 7) is 6.30. The second kappa shape index (κ2) is 11.5. The van der Waals surface area contributed by atoms with Crippen molar-refractivity contribution in [1.29, 1.82) is 0 Å². The first-order valence-corrected chi connectivity index (χ1v) is 11.7. The van der Waals surface area contributed by atoms with Crippen molar-refractivity contribution in [1.82, 2.24) is 14.5 Å². The van der Waals surface area contributed by atoms with Crippen molar-refractivity contribution in [3.63, 3.8) is 0 Å². The van der Waals surface area contributed by atoms with Gasteiger partial charge in [-0.25, -0.2) is 19.2 Å². The van der Waals surface area contributed by atoms with E-state index in [1.165, 1.54) is 30.6 Å². The zero-order chi connectivity index (χ0) is 26.4. The van der Waals surface area contributed by atoms with E-state index in [0.29, 0.717) is 40.0 Å². The van der Waals surface area contributed by atoms with Crippen LogP contribution in [0.2, 0.25) is 5.02 Å². The molecule has 0 fully saturated rings. The highest BCUT2D eigenvalue weighted by Gasteiger charge is 2.12. The smallest absolute Gasteiger partial charge is 0.335 e. The molecule has 0 aliphatic heterocycles. The van der Waals surface area contributed by atoms with Gasteiger partial charge in [-0.15, -0.1) is 0 Å². The SMILES string of the molecule is C=C(C=CC(=CC)C(=O)O)Cn1ccc2ncnc(Nc3ccc(OCc4cccc(F)c4)c(Cl)c3)c21.